The summed E-state index contributed by atoms with van der Waals surface area (Å²) in [5.74, 6) is 0.710. The lowest BCUT2D eigenvalue weighted by Crippen LogP contribution is -2.25. The van der Waals surface area contributed by atoms with Crippen molar-refractivity contribution in [3.05, 3.63) is 23.8 Å². The minimum absolute atomic E-state index is 0.0499. The quantitative estimate of drug-likeness (QED) is 0.540. The number of aryl methyl sites for hydroxylation is 1. The van der Waals surface area contributed by atoms with Gasteiger partial charge >= 0.3 is 0 Å². The number of carbonyl (C=O) groups is 1. The Balaban J connectivity index is 2.22. The van der Waals surface area contributed by atoms with Crippen LogP contribution in [0, 0.1) is 0 Å². The van der Waals surface area contributed by atoms with Gasteiger partial charge in [0.05, 0.1) is 18.9 Å². The fourth-order valence-electron chi connectivity index (χ4n) is 1.90. The first-order valence-electron chi connectivity index (χ1n) is 7.33. The maximum Gasteiger partial charge on any atom is 0.220 e. The molecule has 0 saturated heterocycles. The van der Waals surface area contributed by atoms with Crippen LogP contribution in [0.15, 0.2) is 18.2 Å². The molecular weight excluding hydrogens is 268 g/mol. The SMILES string of the molecule is COc1ccc(CCC(=O)NCCCOC(C)C)cc1N. The first-order valence-corrected chi connectivity index (χ1v) is 7.33. The van der Waals surface area contributed by atoms with E-state index in [1.807, 2.05) is 32.0 Å². The molecule has 1 aromatic carbocycles. The van der Waals surface area contributed by atoms with Gasteiger partial charge < -0.3 is 20.5 Å². The number of rotatable bonds is 9. The van der Waals surface area contributed by atoms with Crippen LogP contribution in [0.1, 0.15) is 32.3 Å². The predicted octanol–water partition coefficient (Wildman–Crippen LogP) is 2.14. The van der Waals surface area contributed by atoms with Crippen molar-refractivity contribution >= 4 is 11.6 Å². The average molecular weight is 294 g/mol. The van der Waals surface area contributed by atoms with Crippen LogP contribution < -0.4 is 15.8 Å². The fraction of sp³-hybridized carbons (Fsp3) is 0.562. The van der Waals surface area contributed by atoms with Crippen molar-refractivity contribution in [2.45, 2.75) is 39.2 Å². The zero-order valence-electron chi connectivity index (χ0n) is 13.1. The number of methoxy groups -OCH3 is 1. The van der Waals surface area contributed by atoms with Crippen LogP contribution >= 0.6 is 0 Å². The summed E-state index contributed by atoms with van der Waals surface area (Å²) in [6.07, 6.45) is 2.19. The lowest BCUT2D eigenvalue weighted by atomic mass is 10.1. The van der Waals surface area contributed by atoms with E-state index in [4.69, 9.17) is 15.2 Å². The molecule has 3 N–H and O–H groups in total. The summed E-state index contributed by atoms with van der Waals surface area (Å²) < 4.78 is 10.5. The Morgan fingerprint density at radius 2 is 2.14 bits per heavy atom. The van der Waals surface area contributed by atoms with Gasteiger partial charge in [-0.25, -0.2) is 0 Å². The zero-order chi connectivity index (χ0) is 15.7. The summed E-state index contributed by atoms with van der Waals surface area (Å²) in [6, 6.07) is 5.60. The molecule has 0 spiro atoms. The molecule has 0 aliphatic rings. The van der Waals surface area contributed by atoms with Gasteiger partial charge in [-0.1, -0.05) is 6.07 Å². The second kappa shape index (κ2) is 9.23. The molecule has 118 valence electrons. The van der Waals surface area contributed by atoms with E-state index in [2.05, 4.69) is 5.32 Å². The topological polar surface area (TPSA) is 73.6 Å². The number of nitrogen functional groups attached to an aromatic ring is 1. The second-order valence-corrected chi connectivity index (χ2v) is 5.20. The van der Waals surface area contributed by atoms with Crippen LogP contribution in [0.3, 0.4) is 0 Å². The molecule has 0 heterocycles. The third-order valence-corrected chi connectivity index (χ3v) is 3.03. The highest BCUT2D eigenvalue weighted by atomic mass is 16.5. The van der Waals surface area contributed by atoms with Crippen LogP contribution in [0.5, 0.6) is 5.75 Å². The molecule has 0 atom stereocenters. The number of benzene rings is 1. The minimum Gasteiger partial charge on any atom is -0.495 e. The van der Waals surface area contributed by atoms with Gasteiger partial charge in [-0.3, -0.25) is 4.79 Å². The minimum atomic E-state index is 0.0499. The molecule has 5 nitrogen and oxygen atoms in total. The molecule has 0 unspecified atom stereocenters. The number of nitrogens with two attached hydrogens (primary N) is 1. The van der Waals surface area contributed by atoms with E-state index in [0.29, 0.717) is 37.4 Å². The van der Waals surface area contributed by atoms with Crippen LogP contribution in [0.4, 0.5) is 5.69 Å². The highest BCUT2D eigenvalue weighted by Gasteiger charge is 2.04. The monoisotopic (exact) mass is 294 g/mol. The molecule has 21 heavy (non-hydrogen) atoms. The Bertz CT molecular complexity index is 447. The van der Waals surface area contributed by atoms with Crippen molar-refractivity contribution in [3.8, 4) is 5.75 Å². The molecule has 0 bridgehead atoms. The number of hydrogen-bond acceptors (Lipinski definition) is 4. The highest BCUT2D eigenvalue weighted by Crippen LogP contribution is 2.22. The number of anilines is 1. The van der Waals surface area contributed by atoms with Gasteiger partial charge in [0.25, 0.3) is 0 Å². The Hall–Kier alpha value is -1.75. The Labute approximate surface area is 126 Å². The van der Waals surface area contributed by atoms with Crippen molar-refractivity contribution in [2.75, 3.05) is 26.0 Å². The van der Waals surface area contributed by atoms with Gasteiger partial charge in [0.1, 0.15) is 5.75 Å². The van der Waals surface area contributed by atoms with Crippen molar-refractivity contribution in [1.82, 2.24) is 5.32 Å². The standard InChI is InChI=1S/C16H26N2O3/c1-12(2)21-10-4-9-18-16(19)8-6-13-5-7-15(20-3)14(17)11-13/h5,7,11-12H,4,6,8-10,17H2,1-3H3,(H,18,19). The molecule has 0 aliphatic heterocycles. The van der Waals surface area contributed by atoms with E-state index in [1.54, 1.807) is 7.11 Å². The van der Waals surface area contributed by atoms with Crippen LogP contribution in [-0.4, -0.2) is 32.3 Å². The van der Waals surface area contributed by atoms with E-state index in [1.165, 1.54) is 0 Å². The van der Waals surface area contributed by atoms with Crippen LogP contribution in [0.2, 0.25) is 0 Å². The molecule has 0 aromatic heterocycles. The molecule has 1 amide bonds. The Morgan fingerprint density at radius 1 is 1.38 bits per heavy atom. The molecule has 0 radical (unpaired) electrons. The lowest BCUT2D eigenvalue weighted by molar-refractivity contribution is -0.121. The maximum absolute atomic E-state index is 11.7. The molecular formula is C16H26N2O3. The summed E-state index contributed by atoms with van der Waals surface area (Å²) in [6.45, 7) is 5.32. The number of ether oxygens (including phenoxy) is 2. The largest absolute Gasteiger partial charge is 0.495 e. The van der Waals surface area contributed by atoms with Crippen molar-refractivity contribution in [3.63, 3.8) is 0 Å². The van der Waals surface area contributed by atoms with Gasteiger partial charge in [0.2, 0.25) is 5.91 Å². The van der Waals surface area contributed by atoms with Gasteiger partial charge in [0, 0.05) is 19.6 Å². The first-order chi connectivity index (χ1) is 10.0. The molecule has 0 aliphatic carbocycles. The Kier molecular flexibility index (Phi) is 7.61. The second-order valence-electron chi connectivity index (χ2n) is 5.20. The van der Waals surface area contributed by atoms with Gasteiger partial charge in [-0.15, -0.1) is 0 Å². The molecule has 0 fully saturated rings. The zero-order valence-corrected chi connectivity index (χ0v) is 13.1. The summed E-state index contributed by atoms with van der Waals surface area (Å²) >= 11 is 0. The maximum atomic E-state index is 11.7. The predicted molar refractivity (Wildman–Crippen MR) is 84.4 cm³/mol. The summed E-state index contributed by atoms with van der Waals surface area (Å²) in [7, 11) is 1.59. The normalized spacial score (nSPS) is 10.7. The first kappa shape index (κ1) is 17.3. The molecule has 5 heteroatoms. The van der Waals surface area contributed by atoms with Crippen molar-refractivity contribution in [1.29, 1.82) is 0 Å². The summed E-state index contributed by atoms with van der Waals surface area (Å²) in [4.78, 5) is 11.7. The number of carbonyl (C=O) groups excluding carboxylic acids is 1. The third kappa shape index (κ3) is 6.99. The molecule has 1 rings (SSSR count). The summed E-state index contributed by atoms with van der Waals surface area (Å²) in [5, 5.41) is 2.89. The van der Waals surface area contributed by atoms with Crippen LogP contribution in [-0.2, 0) is 16.0 Å². The van der Waals surface area contributed by atoms with Crippen LogP contribution in [0.25, 0.3) is 0 Å². The van der Waals surface area contributed by atoms with E-state index in [9.17, 15) is 4.79 Å². The van der Waals surface area contributed by atoms with Crippen molar-refractivity contribution < 1.29 is 14.3 Å². The van der Waals surface area contributed by atoms with Gasteiger partial charge in [-0.2, -0.15) is 0 Å². The lowest BCUT2D eigenvalue weighted by Gasteiger charge is -2.09. The van der Waals surface area contributed by atoms with E-state index < -0.39 is 0 Å². The third-order valence-electron chi connectivity index (χ3n) is 3.03. The molecule has 0 saturated carbocycles. The summed E-state index contributed by atoms with van der Waals surface area (Å²) in [5.41, 5.74) is 7.47. The van der Waals surface area contributed by atoms with Crippen molar-refractivity contribution in [2.24, 2.45) is 0 Å². The van der Waals surface area contributed by atoms with E-state index >= 15 is 0 Å². The Morgan fingerprint density at radius 3 is 2.76 bits per heavy atom. The van der Waals surface area contributed by atoms with E-state index in [-0.39, 0.29) is 12.0 Å². The smallest absolute Gasteiger partial charge is 0.220 e. The number of hydrogen-bond donors (Lipinski definition) is 2. The van der Waals surface area contributed by atoms with E-state index in [0.717, 1.165) is 12.0 Å². The van der Waals surface area contributed by atoms with Gasteiger partial charge in [0.15, 0.2) is 0 Å². The molecule has 1 aromatic rings. The number of nitrogens with one attached hydrogen (secondary N) is 1. The fourth-order valence-corrected chi connectivity index (χ4v) is 1.90. The average Bonchev–Trinajstić information content (AvgIpc) is 2.44. The number of amides is 1. The highest BCUT2D eigenvalue weighted by molar-refractivity contribution is 5.76. The van der Waals surface area contributed by atoms with Gasteiger partial charge in [-0.05, 0) is 44.4 Å².